The first-order valence-electron chi connectivity index (χ1n) is 19.7. The van der Waals surface area contributed by atoms with Crippen molar-refractivity contribution in [2.75, 3.05) is 54.1 Å². The van der Waals surface area contributed by atoms with E-state index in [-0.39, 0.29) is 25.8 Å². The van der Waals surface area contributed by atoms with E-state index in [9.17, 15) is 14.3 Å². The molecule has 49 heavy (non-hydrogen) atoms. The zero-order chi connectivity index (χ0) is 36.3. The standard InChI is InChI=1S/C40H76NO7P/c1-6-8-10-11-12-13-14-15-16-17-18-19-20-21-22-23-24-25-26-27-28-29-30-32-35-45-37-39(48-40(42)33-31-9-7-2)38-47-49(43,44)46-36-34-41(3,4)5/h14-15,17-18,20-21,39H,6-13,16,19,22-38H2,1-5H3/b15-14-,18-17-,21-20-. The Morgan fingerprint density at radius 3 is 1.67 bits per heavy atom. The van der Waals surface area contributed by atoms with Gasteiger partial charge in [0.2, 0.25) is 0 Å². The number of esters is 1. The lowest BCUT2D eigenvalue weighted by atomic mass is 10.1. The van der Waals surface area contributed by atoms with Crippen molar-refractivity contribution in [2.45, 2.75) is 161 Å². The highest BCUT2D eigenvalue weighted by Gasteiger charge is 2.20. The number of carbonyl (C=O) groups excluding carboxylic acids is 1. The third-order valence-electron chi connectivity index (χ3n) is 8.19. The minimum absolute atomic E-state index is 0.0240. The van der Waals surface area contributed by atoms with E-state index in [2.05, 4.69) is 50.3 Å². The van der Waals surface area contributed by atoms with Crippen molar-refractivity contribution in [3.05, 3.63) is 36.5 Å². The molecular formula is C40H76NO7P. The number of ether oxygens (including phenoxy) is 2. The Hall–Kier alpha value is -1.28. The third kappa shape index (κ3) is 37.8. The van der Waals surface area contributed by atoms with E-state index in [1.54, 1.807) is 0 Å². The van der Waals surface area contributed by atoms with Crippen molar-refractivity contribution in [2.24, 2.45) is 0 Å². The highest BCUT2D eigenvalue weighted by molar-refractivity contribution is 7.45. The van der Waals surface area contributed by atoms with Gasteiger partial charge in [-0.1, -0.05) is 134 Å². The van der Waals surface area contributed by atoms with E-state index in [1.165, 1.54) is 89.9 Å². The highest BCUT2D eigenvalue weighted by atomic mass is 31.2. The molecule has 0 rings (SSSR count). The predicted octanol–water partition coefficient (Wildman–Crippen LogP) is 10.4. The number of allylic oxidation sites excluding steroid dienone is 6. The van der Waals surface area contributed by atoms with Crippen LogP contribution in [0.2, 0.25) is 0 Å². The topological polar surface area (TPSA) is 94.1 Å². The van der Waals surface area contributed by atoms with Gasteiger partial charge in [0.05, 0.1) is 34.4 Å². The van der Waals surface area contributed by atoms with Gasteiger partial charge < -0.3 is 27.9 Å². The van der Waals surface area contributed by atoms with Crippen LogP contribution >= 0.6 is 7.82 Å². The number of likely N-dealkylation sites (N-methyl/N-ethyl adjacent to an activating group) is 1. The Bertz CT molecular complexity index is 884. The van der Waals surface area contributed by atoms with Gasteiger partial charge >= 0.3 is 5.97 Å². The Balaban J connectivity index is 3.90. The molecule has 0 N–H and O–H groups in total. The summed E-state index contributed by atoms with van der Waals surface area (Å²) >= 11 is 0. The summed E-state index contributed by atoms with van der Waals surface area (Å²) in [4.78, 5) is 24.5. The molecule has 0 amide bonds. The average molecular weight is 714 g/mol. The smallest absolute Gasteiger partial charge is 0.306 e. The number of carbonyl (C=O) groups is 1. The molecule has 288 valence electrons. The van der Waals surface area contributed by atoms with Gasteiger partial charge in [0.15, 0.2) is 0 Å². The normalized spacial score (nSPS) is 14.3. The minimum Gasteiger partial charge on any atom is -0.756 e. The van der Waals surface area contributed by atoms with Crippen LogP contribution in [-0.4, -0.2) is 70.7 Å². The molecule has 2 unspecified atom stereocenters. The Morgan fingerprint density at radius 2 is 1.12 bits per heavy atom. The average Bonchev–Trinajstić information content (AvgIpc) is 3.04. The molecule has 0 saturated heterocycles. The van der Waals surface area contributed by atoms with Crippen molar-refractivity contribution in [1.82, 2.24) is 0 Å². The van der Waals surface area contributed by atoms with Gasteiger partial charge in [-0.2, -0.15) is 0 Å². The van der Waals surface area contributed by atoms with Crippen LogP contribution in [0.15, 0.2) is 36.5 Å². The number of nitrogens with zero attached hydrogens (tertiary/aromatic N) is 1. The quantitative estimate of drug-likeness (QED) is 0.0210. The van der Waals surface area contributed by atoms with Gasteiger partial charge in [0.25, 0.3) is 7.82 Å². The maximum atomic E-state index is 12.3. The second kappa shape index (κ2) is 33.8. The van der Waals surface area contributed by atoms with E-state index in [1.807, 2.05) is 21.1 Å². The number of hydrogen-bond donors (Lipinski definition) is 0. The van der Waals surface area contributed by atoms with Crippen molar-refractivity contribution < 1.29 is 37.3 Å². The van der Waals surface area contributed by atoms with Crippen LogP contribution in [0.25, 0.3) is 0 Å². The van der Waals surface area contributed by atoms with Crippen LogP contribution in [0.4, 0.5) is 0 Å². The lowest BCUT2D eigenvalue weighted by molar-refractivity contribution is -0.870. The summed E-state index contributed by atoms with van der Waals surface area (Å²) in [5.41, 5.74) is 0. The van der Waals surface area contributed by atoms with Crippen molar-refractivity contribution in [3.63, 3.8) is 0 Å². The first-order valence-corrected chi connectivity index (χ1v) is 21.2. The van der Waals surface area contributed by atoms with E-state index in [0.29, 0.717) is 24.1 Å². The molecule has 8 nitrogen and oxygen atoms in total. The zero-order valence-corrected chi connectivity index (χ0v) is 33.3. The molecule has 0 spiro atoms. The van der Waals surface area contributed by atoms with Gasteiger partial charge in [0.1, 0.15) is 19.3 Å². The molecule has 0 radical (unpaired) electrons. The molecule has 9 heteroatoms. The van der Waals surface area contributed by atoms with Crippen LogP contribution in [0.5, 0.6) is 0 Å². The van der Waals surface area contributed by atoms with Crippen LogP contribution in [-0.2, 0) is 27.9 Å². The number of phosphoric ester groups is 1. The predicted molar refractivity (Wildman–Crippen MR) is 203 cm³/mol. The van der Waals surface area contributed by atoms with Gasteiger partial charge in [-0.25, -0.2) is 0 Å². The first-order chi connectivity index (χ1) is 23.6. The minimum atomic E-state index is -4.50. The van der Waals surface area contributed by atoms with Gasteiger partial charge in [0, 0.05) is 13.0 Å². The van der Waals surface area contributed by atoms with Crippen LogP contribution in [0, 0.1) is 0 Å². The third-order valence-corrected chi connectivity index (χ3v) is 9.16. The van der Waals surface area contributed by atoms with Crippen molar-refractivity contribution >= 4 is 13.8 Å². The summed E-state index contributed by atoms with van der Waals surface area (Å²) in [5, 5.41) is 0. The molecule has 0 heterocycles. The van der Waals surface area contributed by atoms with Crippen molar-refractivity contribution in [1.29, 1.82) is 0 Å². The van der Waals surface area contributed by atoms with Gasteiger partial charge in [-0.3, -0.25) is 9.36 Å². The monoisotopic (exact) mass is 714 g/mol. The number of unbranched alkanes of at least 4 members (excludes halogenated alkanes) is 16. The largest absolute Gasteiger partial charge is 0.756 e. The molecule has 0 saturated carbocycles. The first kappa shape index (κ1) is 47.7. The van der Waals surface area contributed by atoms with E-state index in [0.717, 1.165) is 44.9 Å². The summed E-state index contributed by atoms with van der Waals surface area (Å²) in [6.07, 6.45) is 38.1. The van der Waals surface area contributed by atoms with Gasteiger partial charge in [-0.05, 0) is 51.4 Å². The molecule has 0 bridgehead atoms. The lowest BCUT2D eigenvalue weighted by Gasteiger charge is -2.28. The summed E-state index contributed by atoms with van der Waals surface area (Å²) < 4.78 is 34.0. The molecule has 0 aromatic carbocycles. The summed E-state index contributed by atoms with van der Waals surface area (Å²) in [5.74, 6) is -0.362. The molecule has 0 aliphatic heterocycles. The van der Waals surface area contributed by atoms with Crippen LogP contribution in [0.3, 0.4) is 0 Å². The SMILES string of the molecule is CCCCCCC/C=C\C/C=C\C/C=C\CCCCCCCCCCCOCC(COP(=O)([O-])OCC[N+](C)(C)C)OC(=O)CCCCC. The summed E-state index contributed by atoms with van der Waals surface area (Å²) in [6, 6.07) is 0. The van der Waals surface area contributed by atoms with E-state index < -0.39 is 13.9 Å². The van der Waals surface area contributed by atoms with E-state index >= 15 is 0 Å². The highest BCUT2D eigenvalue weighted by Crippen LogP contribution is 2.38. The fourth-order valence-corrected chi connectivity index (χ4v) is 5.81. The van der Waals surface area contributed by atoms with Crippen LogP contribution in [0.1, 0.15) is 155 Å². The molecule has 2 atom stereocenters. The van der Waals surface area contributed by atoms with E-state index in [4.69, 9.17) is 18.5 Å². The number of phosphoric acid groups is 1. The fraction of sp³-hybridized carbons (Fsp3) is 0.825. The van der Waals surface area contributed by atoms with Gasteiger partial charge in [-0.15, -0.1) is 0 Å². The second-order valence-corrected chi connectivity index (χ2v) is 15.7. The maximum Gasteiger partial charge on any atom is 0.306 e. The molecule has 0 aliphatic rings. The van der Waals surface area contributed by atoms with Crippen LogP contribution < -0.4 is 4.89 Å². The lowest BCUT2D eigenvalue weighted by Crippen LogP contribution is -2.37. The molecule has 0 aromatic rings. The number of rotatable bonds is 36. The number of hydrogen-bond acceptors (Lipinski definition) is 7. The Labute approximate surface area is 302 Å². The maximum absolute atomic E-state index is 12.3. The Kier molecular flexibility index (Phi) is 33.0. The zero-order valence-electron chi connectivity index (χ0n) is 32.4. The van der Waals surface area contributed by atoms with Crippen molar-refractivity contribution in [3.8, 4) is 0 Å². The molecular weight excluding hydrogens is 637 g/mol. The summed E-state index contributed by atoms with van der Waals surface area (Å²) in [6.45, 7) is 5.20. The second-order valence-electron chi connectivity index (χ2n) is 14.3. The molecule has 0 fully saturated rings. The fourth-order valence-electron chi connectivity index (χ4n) is 5.08. The summed E-state index contributed by atoms with van der Waals surface area (Å²) in [7, 11) is 1.35. The Morgan fingerprint density at radius 1 is 0.633 bits per heavy atom. The molecule has 0 aromatic heterocycles. The molecule has 0 aliphatic carbocycles. The number of quaternary nitrogens is 1.